The quantitative estimate of drug-likeness (QED) is 0.898. The Bertz CT molecular complexity index is 652. The summed E-state index contributed by atoms with van der Waals surface area (Å²) in [5.74, 6) is 1.58. The second kappa shape index (κ2) is 6.21. The van der Waals surface area contributed by atoms with Crippen molar-refractivity contribution < 1.29 is 14.2 Å². The Balaban J connectivity index is 2.59. The molecule has 2 aromatic rings. The minimum absolute atomic E-state index is 0.232. The van der Waals surface area contributed by atoms with Crippen molar-refractivity contribution in [3.05, 3.63) is 40.4 Å². The number of aromatic amines is 1. The molecule has 1 aromatic heterocycles. The Morgan fingerprint density at radius 2 is 2.00 bits per heavy atom. The summed E-state index contributed by atoms with van der Waals surface area (Å²) in [7, 11) is 4.65. The normalized spacial score (nSPS) is 10.3. The number of hydrogen-bond donors (Lipinski definition) is 1. The smallest absolute Gasteiger partial charge is 0.251 e. The van der Waals surface area contributed by atoms with Crippen molar-refractivity contribution in [1.82, 2.24) is 9.97 Å². The van der Waals surface area contributed by atoms with E-state index in [9.17, 15) is 4.79 Å². The molecule has 2 rings (SSSR count). The van der Waals surface area contributed by atoms with Gasteiger partial charge in [-0.25, -0.2) is 4.98 Å². The molecule has 106 valence electrons. The number of methoxy groups -OCH3 is 3. The van der Waals surface area contributed by atoms with Gasteiger partial charge in [-0.1, -0.05) is 6.07 Å². The predicted molar refractivity (Wildman–Crippen MR) is 74.1 cm³/mol. The molecular weight excluding hydrogens is 260 g/mol. The van der Waals surface area contributed by atoms with Crippen molar-refractivity contribution in [2.24, 2.45) is 0 Å². The van der Waals surface area contributed by atoms with E-state index in [2.05, 4.69) is 9.97 Å². The lowest BCUT2D eigenvalue weighted by Crippen LogP contribution is -2.12. The summed E-state index contributed by atoms with van der Waals surface area (Å²) < 4.78 is 15.6. The van der Waals surface area contributed by atoms with E-state index in [1.54, 1.807) is 27.4 Å². The van der Waals surface area contributed by atoms with Gasteiger partial charge in [-0.2, -0.15) is 0 Å². The molecule has 0 saturated carbocycles. The van der Waals surface area contributed by atoms with Gasteiger partial charge in [0.05, 0.1) is 19.9 Å². The molecule has 0 aliphatic rings. The van der Waals surface area contributed by atoms with E-state index in [4.69, 9.17) is 14.2 Å². The van der Waals surface area contributed by atoms with Gasteiger partial charge in [0.15, 0.2) is 11.5 Å². The summed E-state index contributed by atoms with van der Waals surface area (Å²) in [4.78, 5) is 18.7. The first-order chi connectivity index (χ1) is 9.69. The minimum atomic E-state index is -0.244. The third-order valence-electron chi connectivity index (χ3n) is 2.75. The highest BCUT2D eigenvalue weighted by Crippen LogP contribution is 2.36. The molecule has 0 unspecified atom stereocenters. The maximum Gasteiger partial charge on any atom is 0.251 e. The molecule has 0 atom stereocenters. The van der Waals surface area contributed by atoms with Crippen LogP contribution in [0.25, 0.3) is 11.3 Å². The van der Waals surface area contributed by atoms with Crippen molar-refractivity contribution in [2.45, 2.75) is 6.61 Å². The van der Waals surface area contributed by atoms with E-state index in [1.165, 1.54) is 6.07 Å². The summed E-state index contributed by atoms with van der Waals surface area (Å²) in [6.07, 6.45) is 0. The van der Waals surface area contributed by atoms with Crippen LogP contribution in [0.4, 0.5) is 0 Å². The van der Waals surface area contributed by atoms with E-state index in [0.717, 1.165) is 0 Å². The van der Waals surface area contributed by atoms with Gasteiger partial charge in [0.25, 0.3) is 5.56 Å². The van der Waals surface area contributed by atoms with Crippen LogP contribution >= 0.6 is 0 Å². The average Bonchev–Trinajstić information content (AvgIpc) is 2.46. The maximum atomic E-state index is 11.7. The number of aromatic nitrogens is 2. The largest absolute Gasteiger partial charge is 0.493 e. The Kier molecular flexibility index (Phi) is 4.37. The zero-order chi connectivity index (χ0) is 14.5. The molecule has 1 heterocycles. The standard InChI is InChI=1S/C14H16N2O4/c1-18-8-12-15-10(7-13(17)16-12)9-5-4-6-11(19-2)14(9)20-3/h4-7H,8H2,1-3H3,(H,15,16,17). The Morgan fingerprint density at radius 1 is 1.20 bits per heavy atom. The molecule has 1 aromatic carbocycles. The zero-order valence-corrected chi connectivity index (χ0v) is 11.6. The zero-order valence-electron chi connectivity index (χ0n) is 11.6. The molecule has 0 spiro atoms. The molecular formula is C14H16N2O4. The molecule has 0 bridgehead atoms. The number of para-hydroxylation sites is 1. The summed E-state index contributed by atoms with van der Waals surface area (Å²) >= 11 is 0. The second-order valence-corrected chi connectivity index (χ2v) is 4.05. The third kappa shape index (κ3) is 2.80. The third-order valence-corrected chi connectivity index (χ3v) is 2.75. The number of hydrogen-bond acceptors (Lipinski definition) is 5. The maximum absolute atomic E-state index is 11.7. The van der Waals surface area contributed by atoms with Gasteiger partial charge in [0.1, 0.15) is 12.4 Å². The lowest BCUT2D eigenvalue weighted by atomic mass is 10.1. The van der Waals surface area contributed by atoms with E-state index in [-0.39, 0.29) is 12.2 Å². The molecule has 0 saturated heterocycles. The van der Waals surface area contributed by atoms with Crippen LogP contribution in [0.3, 0.4) is 0 Å². The fourth-order valence-corrected chi connectivity index (χ4v) is 1.94. The molecule has 6 heteroatoms. The summed E-state index contributed by atoms with van der Waals surface area (Å²) in [5, 5.41) is 0. The highest BCUT2D eigenvalue weighted by atomic mass is 16.5. The van der Waals surface area contributed by atoms with Crippen LogP contribution in [0.1, 0.15) is 5.82 Å². The number of nitrogens with one attached hydrogen (secondary N) is 1. The van der Waals surface area contributed by atoms with Crippen LogP contribution in [0.15, 0.2) is 29.1 Å². The minimum Gasteiger partial charge on any atom is -0.493 e. The first kappa shape index (κ1) is 14.1. The van der Waals surface area contributed by atoms with Crippen molar-refractivity contribution in [2.75, 3.05) is 21.3 Å². The SMILES string of the molecule is COCc1nc(-c2cccc(OC)c2OC)cc(=O)[nH]1. The Hall–Kier alpha value is -2.34. The summed E-state index contributed by atoms with van der Waals surface area (Å²) in [5.41, 5.74) is 0.957. The molecule has 0 amide bonds. The highest BCUT2D eigenvalue weighted by Gasteiger charge is 2.13. The number of rotatable bonds is 5. The summed E-state index contributed by atoms with van der Waals surface area (Å²) in [6.45, 7) is 0.232. The topological polar surface area (TPSA) is 73.4 Å². The van der Waals surface area contributed by atoms with Crippen LogP contribution in [-0.4, -0.2) is 31.3 Å². The highest BCUT2D eigenvalue weighted by molar-refractivity contribution is 5.70. The van der Waals surface area contributed by atoms with Gasteiger partial charge >= 0.3 is 0 Å². The first-order valence-electron chi connectivity index (χ1n) is 6.00. The van der Waals surface area contributed by atoms with Gasteiger partial charge in [0, 0.05) is 18.7 Å². The van der Waals surface area contributed by atoms with Gasteiger partial charge in [-0.05, 0) is 12.1 Å². The van der Waals surface area contributed by atoms with Crippen LogP contribution in [0.5, 0.6) is 11.5 Å². The van der Waals surface area contributed by atoms with Crippen molar-refractivity contribution in [1.29, 1.82) is 0 Å². The average molecular weight is 276 g/mol. The van der Waals surface area contributed by atoms with Crippen molar-refractivity contribution in [3.8, 4) is 22.8 Å². The second-order valence-electron chi connectivity index (χ2n) is 4.05. The van der Waals surface area contributed by atoms with Crippen LogP contribution in [-0.2, 0) is 11.3 Å². The van der Waals surface area contributed by atoms with E-state index in [1.807, 2.05) is 12.1 Å². The van der Waals surface area contributed by atoms with Crippen molar-refractivity contribution in [3.63, 3.8) is 0 Å². The van der Waals surface area contributed by atoms with Gasteiger partial charge in [-0.15, -0.1) is 0 Å². The van der Waals surface area contributed by atoms with Gasteiger partial charge in [-0.3, -0.25) is 4.79 Å². The van der Waals surface area contributed by atoms with E-state index < -0.39 is 0 Å². The first-order valence-corrected chi connectivity index (χ1v) is 6.00. The van der Waals surface area contributed by atoms with Gasteiger partial charge < -0.3 is 19.2 Å². The monoisotopic (exact) mass is 276 g/mol. The molecule has 0 radical (unpaired) electrons. The molecule has 0 aliphatic heterocycles. The number of H-pyrrole nitrogens is 1. The molecule has 6 nitrogen and oxygen atoms in total. The predicted octanol–water partition coefficient (Wildman–Crippen LogP) is 1.60. The van der Waals surface area contributed by atoms with Crippen molar-refractivity contribution >= 4 is 0 Å². The molecule has 0 aliphatic carbocycles. The number of benzene rings is 1. The fraction of sp³-hybridized carbons (Fsp3) is 0.286. The van der Waals surface area contributed by atoms with Crippen LogP contribution in [0, 0.1) is 0 Å². The molecule has 0 fully saturated rings. The molecule has 1 N–H and O–H groups in total. The Labute approximate surface area is 116 Å². The number of ether oxygens (including phenoxy) is 3. The van der Waals surface area contributed by atoms with Crippen LogP contribution in [0.2, 0.25) is 0 Å². The van der Waals surface area contributed by atoms with Gasteiger partial charge in [0.2, 0.25) is 0 Å². The Morgan fingerprint density at radius 3 is 2.65 bits per heavy atom. The lowest BCUT2D eigenvalue weighted by Gasteiger charge is -2.12. The van der Waals surface area contributed by atoms with E-state index in [0.29, 0.717) is 28.6 Å². The number of nitrogens with zero attached hydrogens (tertiary/aromatic N) is 1. The lowest BCUT2D eigenvalue weighted by molar-refractivity contribution is 0.177. The molecule has 20 heavy (non-hydrogen) atoms. The fourth-order valence-electron chi connectivity index (χ4n) is 1.94. The van der Waals surface area contributed by atoms with E-state index >= 15 is 0 Å². The van der Waals surface area contributed by atoms with Crippen LogP contribution < -0.4 is 15.0 Å². The summed E-state index contributed by atoms with van der Waals surface area (Å²) in [6, 6.07) is 6.83.